The minimum atomic E-state index is 0.280. The van der Waals surface area contributed by atoms with Gasteiger partial charge in [-0.15, -0.1) is 0 Å². The molecule has 0 amide bonds. The number of aryl methyl sites for hydroxylation is 2. The molecule has 0 aliphatic heterocycles. The van der Waals surface area contributed by atoms with Crippen LogP contribution in [0, 0.1) is 21.8 Å². The number of benzene rings is 1. The van der Waals surface area contributed by atoms with Gasteiger partial charge in [-0.2, -0.15) is 10.4 Å². The maximum Gasteiger partial charge on any atom is 0.138 e. The third-order valence-corrected chi connectivity index (χ3v) is 4.11. The molecule has 1 aromatic heterocycles. The van der Waals surface area contributed by atoms with Gasteiger partial charge in [-0.25, -0.2) is 0 Å². The fraction of sp³-hybridized carbons (Fsp3) is 0.333. The first-order chi connectivity index (χ1) is 9.60. The van der Waals surface area contributed by atoms with E-state index in [0.29, 0.717) is 11.3 Å². The topological polar surface area (TPSA) is 50.8 Å². The van der Waals surface area contributed by atoms with Crippen LogP contribution in [0.5, 0.6) is 5.75 Å². The van der Waals surface area contributed by atoms with E-state index in [1.54, 1.807) is 10.9 Å². The van der Waals surface area contributed by atoms with E-state index < -0.39 is 0 Å². The number of hydrogen-bond acceptors (Lipinski definition) is 3. The molecule has 1 heterocycles. The molecular weight excluding hydrogens is 365 g/mol. The zero-order chi connectivity index (χ0) is 14.3. The van der Waals surface area contributed by atoms with Crippen molar-refractivity contribution in [3.8, 4) is 23.1 Å². The molecule has 5 heteroatoms. The van der Waals surface area contributed by atoms with Gasteiger partial charge < -0.3 is 4.74 Å². The van der Waals surface area contributed by atoms with E-state index in [1.807, 2.05) is 26.1 Å². The van der Waals surface area contributed by atoms with Crippen LogP contribution >= 0.6 is 22.6 Å². The van der Waals surface area contributed by atoms with E-state index in [9.17, 15) is 5.26 Å². The highest BCUT2D eigenvalue weighted by Gasteiger charge is 2.26. The number of rotatable bonds is 3. The lowest BCUT2D eigenvalue weighted by Crippen LogP contribution is -2.02. The Kier molecular flexibility index (Phi) is 3.42. The van der Waals surface area contributed by atoms with Gasteiger partial charge in [0.15, 0.2) is 0 Å². The Hall–Kier alpha value is -1.55. The summed E-state index contributed by atoms with van der Waals surface area (Å²) >= 11 is 2.25. The second-order valence-electron chi connectivity index (χ2n) is 5.08. The lowest BCUT2D eigenvalue weighted by molar-refractivity contribution is 0.302. The number of halogens is 1. The average Bonchev–Trinajstić information content (AvgIpc) is 3.14. The van der Waals surface area contributed by atoms with Crippen LogP contribution in [0.3, 0.4) is 0 Å². The third kappa shape index (κ3) is 2.40. The van der Waals surface area contributed by atoms with Gasteiger partial charge in [0.2, 0.25) is 0 Å². The van der Waals surface area contributed by atoms with Crippen LogP contribution in [-0.4, -0.2) is 15.9 Å². The van der Waals surface area contributed by atoms with Crippen molar-refractivity contribution < 1.29 is 4.74 Å². The Morgan fingerprint density at radius 1 is 1.45 bits per heavy atom. The van der Waals surface area contributed by atoms with Gasteiger partial charge in [0.1, 0.15) is 17.4 Å². The first kappa shape index (κ1) is 13.4. The summed E-state index contributed by atoms with van der Waals surface area (Å²) in [7, 11) is 1.89. The van der Waals surface area contributed by atoms with E-state index in [0.717, 1.165) is 33.2 Å². The summed E-state index contributed by atoms with van der Waals surface area (Å²) in [6.45, 7) is 2.02. The molecule has 0 unspecified atom stereocenters. The number of nitrogens with zero attached hydrogens (tertiary/aromatic N) is 3. The number of hydrogen-bond donors (Lipinski definition) is 0. The normalized spacial score (nSPS) is 14.1. The molecule has 0 radical (unpaired) electrons. The van der Waals surface area contributed by atoms with Crippen LogP contribution in [0.4, 0.5) is 0 Å². The van der Waals surface area contributed by atoms with Gasteiger partial charge in [-0.3, -0.25) is 4.68 Å². The van der Waals surface area contributed by atoms with Gasteiger partial charge >= 0.3 is 0 Å². The predicted octanol–water partition coefficient (Wildman–Crippen LogP) is 3.41. The van der Waals surface area contributed by atoms with Crippen molar-refractivity contribution in [1.82, 2.24) is 9.78 Å². The quantitative estimate of drug-likeness (QED) is 0.768. The highest BCUT2D eigenvalue weighted by atomic mass is 127. The van der Waals surface area contributed by atoms with Crippen molar-refractivity contribution >= 4 is 22.6 Å². The summed E-state index contributed by atoms with van der Waals surface area (Å²) < 4.78 is 8.73. The second kappa shape index (κ2) is 5.09. The summed E-state index contributed by atoms with van der Waals surface area (Å²) in [6.07, 6.45) is 4.25. The highest BCUT2D eigenvalue weighted by Crippen LogP contribution is 2.36. The van der Waals surface area contributed by atoms with Gasteiger partial charge in [-0.05, 0) is 60.1 Å². The molecule has 1 fully saturated rings. The van der Waals surface area contributed by atoms with E-state index >= 15 is 0 Å². The molecule has 1 aliphatic carbocycles. The van der Waals surface area contributed by atoms with Crippen molar-refractivity contribution in [3.63, 3.8) is 0 Å². The molecule has 1 aromatic carbocycles. The minimum Gasteiger partial charge on any atom is -0.489 e. The summed E-state index contributed by atoms with van der Waals surface area (Å²) in [5.41, 5.74) is 3.55. The Balaban J connectivity index is 2.19. The SMILES string of the molecule is Cc1cc(OC2CC2)c(C#N)c(-c2c(I)cnn2C)c1. The lowest BCUT2D eigenvalue weighted by atomic mass is 10.0. The molecule has 1 aliphatic rings. The summed E-state index contributed by atoms with van der Waals surface area (Å²) in [4.78, 5) is 0. The molecule has 0 atom stereocenters. The first-order valence-corrected chi connectivity index (χ1v) is 7.57. The van der Waals surface area contributed by atoms with Crippen LogP contribution < -0.4 is 4.74 Å². The molecule has 20 heavy (non-hydrogen) atoms. The van der Waals surface area contributed by atoms with Crippen LogP contribution in [0.15, 0.2) is 18.3 Å². The lowest BCUT2D eigenvalue weighted by Gasteiger charge is -2.13. The predicted molar refractivity (Wildman–Crippen MR) is 84.5 cm³/mol. The molecule has 1 saturated carbocycles. The van der Waals surface area contributed by atoms with Crippen molar-refractivity contribution in [2.75, 3.05) is 0 Å². The summed E-state index contributed by atoms with van der Waals surface area (Å²) in [6, 6.07) is 6.27. The van der Waals surface area contributed by atoms with Gasteiger partial charge in [0.25, 0.3) is 0 Å². The first-order valence-electron chi connectivity index (χ1n) is 6.49. The number of aromatic nitrogens is 2. The molecular formula is C15H14IN3O. The molecule has 2 aromatic rings. The van der Waals surface area contributed by atoms with E-state index in [1.165, 1.54) is 0 Å². The monoisotopic (exact) mass is 379 g/mol. The van der Waals surface area contributed by atoms with Crippen LogP contribution in [0.25, 0.3) is 11.3 Å². The van der Waals surface area contributed by atoms with Crippen molar-refractivity contribution in [2.45, 2.75) is 25.9 Å². The molecule has 0 spiro atoms. The molecule has 102 valence electrons. The highest BCUT2D eigenvalue weighted by molar-refractivity contribution is 14.1. The Labute approximate surface area is 131 Å². The zero-order valence-corrected chi connectivity index (χ0v) is 13.5. The fourth-order valence-electron chi connectivity index (χ4n) is 2.23. The second-order valence-corrected chi connectivity index (χ2v) is 6.24. The van der Waals surface area contributed by atoms with Crippen molar-refractivity contribution in [1.29, 1.82) is 5.26 Å². The van der Waals surface area contributed by atoms with Crippen molar-refractivity contribution in [2.24, 2.45) is 7.05 Å². The van der Waals surface area contributed by atoms with Crippen LogP contribution in [-0.2, 0) is 7.05 Å². The van der Waals surface area contributed by atoms with Gasteiger partial charge in [0.05, 0.1) is 21.6 Å². The van der Waals surface area contributed by atoms with Gasteiger partial charge in [-0.1, -0.05) is 0 Å². The van der Waals surface area contributed by atoms with Gasteiger partial charge in [0, 0.05) is 12.6 Å². The summed E-state index contributed by atoms with van der Waals surface area (Å²) in [5, 5.41) is 13.8. The summed E-state index contributed by atoms with van der Waals surface area (Å²) in [5.74, 6) is 0.696. The largest absolute Gasteiger partial charge is 0.489 e. The smallest absolute Gasteiger partial charge is 0.138 e. The molecule has 0 saturated heterocycles. The Morgan fingerprint density at radius 2 is 2.20 bits per heavy atom. The molecule has 4 nitrogen and oxygen atoms in total. The molecule has 0 N–H and O–H groups in total. The molecule has 0 bridgehead atoms. The maximum atomic E-state index is 9.54. The fourth-order valence-corrected chi connectivity index (χ4v) is 2.99. The minimum absolute atomic E-state index is 0.280. The average molecular weight is 379 g/mol. The van der Waals surface area contributed by atoms with E-state index in [2.05, 4.69) is 33.8 Å². The van der Waals surface area contributed by atoms with Crippen molar-refractivity contribution in [3.05, 3.63) is 33.0 Å². The maximum absolute atomic E-state index is 9.54. The third-order valence-electron chi connectivity index (χ3n) is 3.33. The van der Waals surface area contributed by atoms with E-state index in [4.69, 9.17) is 4.74 Å². The Morgan fingerprint density at radius 3 is 2.75 bits per heavy atom. The number of nitriles is 1. The number of ether oxygens (including phenoxy) is 1. The molecule has 3 rings (SSSR count). The van der Waals surface area contributed by atoms with Crippen LogP contribution in [0.1, 0.15) is 24.0 Å². The standard InChI is InChI=1S/C15H14IN3O/c1-9-5-11(15-13(16)8-18-19(15)2)12(7-17)14(6-9)20-10-3-4-10/h5-6,8,10H,3-4H2,1-2H3. The van der Waals surface area contributed by atoms with Crippen LogP contribution in [0.2, 0.25) is 0 Å². The van der Waals surface area contributed by atoms with E-state index in [-0.39, 0.29) is 6.10 Å². The Bertz CT molecular complexity index is 691. The zero-order valence-electron chi connectivity index (χ0n) is 11.4.